The Balaban J connectivity index is 1.39. The number of anilines is 3. The summed E-state index contributed by atoms with van der Waals surface area (Å²) in [6.07, 6.45) is 0.822. The molecule has 0 aliphatic carbocycles. The number of carbonyl (C=O) groups excluding carboxylic acids is 2. The molecule has 0 fully saturated rings. The third kappa shape index (κ3) is 3.01. The minimum Gasteiger partial charge on any atom is -0.341 e. The Morgan fingerprint density at radius 1 is 1.10 bits per heavy atom. The van der Waals surface area contributed by atoms with E-state index >= 15 is 0 Å². The van der Waals surface area contributed by atoms with Gasteiger partial charge in [0.15, 0.2) is 5.82 Å². The third-order valence-electron chi connectivity index (χ3n) is 5.62. The number of halogens is 1. The molecular weight excluding hydrogens is 385 g/mol. The van der Waals surface area contributed by atoms with E-state index in [4.69, 9.17) is 0 Å². The number of carbonyl (C=O) groups is 2. The van der Waals surface area contributed by atoms with E-state index in [1.54, 1.807) is 23.1 Å². The topological polar surface area (TPSA) is 70.5 Å². The lowest BCUT2D eigenvalue weighted by molar-refractivity contribution is 0.0780. The molecule has 3 aromatic rings. The third-order valence-corrected chi connectivity index (χ3v) is 5.62. The van der Waals surface area contributed by atoms with Crippen LogP contribution in [-0.2, 0) is 13.0 Å². The van der Waals surface area contributed by atoms with Gasteiger partial charge in [-0.2, -0.15) is 5.10 Å². The van der Waals surface area contributed by atoms with Crippen molar-refractivity contribution < 1.29 is 14.0 Å². The fraction of sp³-hybridized carbons (Fsp3) is 0.227. The summed E-state index contributed by atoms with van der Waals surface area (Å²) < 4.78 is 15.7. The maximum atomic E-state index is 13.9. The van der Waals surface area contributed by atoms with E-state index in [1.807, 2.05) is 23.9 Å². The SMILES string of the molecule is CN1CCc2cc(N3CCn4nc(NC(=O)c5ccccc5F)cc43)ccc2C1=O. The highest BCUT2D eigenvalue weighted by molar-refractivity contribution is 6.04. The quantitative estimate of drug-likeness (QED) is 0.727. The van der Waals surface area contributed by atoms with Gasteiger partial charge in [0.2, 0.25) is 0 Å². The van der Waals surface area contributed by atoms with Crippen LogP contribution in [0.3, 0.4) is 0 Å². The molecule has 8 heteroatoms. The number of nitrogens with one attached hydrogen (secondary N) is 1. The van der Waals surface area contributed by atoms with Gasteiger partial charge in [-0.05, 0) is 42.3 Å². The fourth-order valence-electron chi connectivity index (χ4n) is 4.01. The maximum Gasteiger partial charge on any atom is 0.259 e. The molecule has 2 amide bonds. The van der Waals surface area contributed by atoms with Crippen LogP contribution in [0.25, 0.3) is 0 Å². The van der Waals surface area contributed by atoms with Gasteiger partial charge >= 0.3 is 0 Å². The molecule has 0 radical (unpaired) electrons. The van der Waals surface area contributed by atoms with E-state index in [2.05, 4.69) is 21.4 Å². The monoisotopic (exact) mass is 405 g/mol. The van der Waals surface area contributed by atoms with Gasteiger partial charge < -0.3 is 15.1 Å². The number of hydrogen-bond donors (Lipinski definition) is 1. The molecule has 5 rings (SSSR count). The highest BCUT2D eigenvalue weighted by Crippen LogP contribution is 2.34. The van der Waals surface area contributed by atoms with Crippen molar-refractivity contribution in [3.63, 3.8) is 0 Å². The molecule has 7 nitrogen and oxygen atoms in total. The summed E-state index contributed by atoms with van der Waals surface area (Å²) in [7, 11) is 1.81. The number of rotatable bonds is 3. The van der Waals surface area contributed by atoms with E-state index in [1.165, 1.54) is 12.1 Å². The average molecular weight is 405 g/mol. The lowest BCUT2D eigenvalue weighted by atomic mass is 9.98. The van der Waals surface area contributed by atoms with Crippen LogP contribution >= 0.6 is 0 Å². The van der Waals surface area contributed by atoms with Crippen molar-refractivity contribution in [3.05, 3.63) is 71.0 Å². The maximum absolute atomic E-state index is 13.9. The molecule has 0 spiro atoms. The number of likely N-dealkylation sites (N-methyl/N-ethyl adjacent to an activating group) is 1. The van der Waals surface area contributed by atoms with Crippen LogP contribution in [-0.4, -0.2) is 46.6 Å². The van der Waals surface area contributed by atoms with Gasteiger partial charge in [-0.1, -0.05) is 12.1 Å². The molecular formula is C22H20FN5O2. The smallest absolute Gasteiger partial charge is 0.259 e. The molecule has 2 aliphatic heterocycles. The van der Waals surface area contributed by atoms with Gasteiger partial charge in [-0.3, -0.25) is 9.59 Å². The van der Waals surface area contributed by atoms with Crippen LogP contribution < -0.4 is 10.2 Å². The van der Waals surface area contributed by atoms with Crippen molar-refractivity contribution in [3.8, 4) is 0 Å². The highest BCUT2D eigenvalue weighted by Gasteiger charge is 2.27. The Labute approximate surface area is 172 Å². The molecule has 0 saturated carbocycles. The van der Waals surface area contributed by atoms with Gasteiger partial charge in [-0.15, -0.1) is 0 Å². The van der Waals surface area contributed by atoms with Gasteiger partial charge in [0.05, 0.1) is 12.1 Å². The number of fused-ring (bicyclic) bond motifs is 2. The van der Waals surface area contributed by atoms with Crippen molar-refractivity contribution in [2.45, 2.75) is 13.0 Å². The van der Waals surface area contributed by atoms with Crippen molar-refractivity contribution in [1.82, 2.24) is 14.7 Å². The number of aromatic nitrogens is 2. The van der Waals surface area contributed by atoms with E-state index in [-0.39, 0.29) is 11.5 Å². The molecule has 3 heterocycles. The van der Waals surface area contributed by atoms with Crippen molar-refractivity contribution in [2.75, 3.05) is 30.4 Å². The molecule has 0 bridgehead atoms. The minimum absolute atomic E-state index is 0.0214. The summed E-state index contributed by atoms with van der Waals surface area (Å²) in [6, 6.07) is 13.5. The van der Waals surface area contributed by atoms with Gasteiger partial charge in [0.25, 0.3) is 11.8 Å². The Morgan fingerprint density at radius 2 is 1.93 bits per heavy atom. The summed E-state index contributed by atoms with van der Waals surface area (Å²) in [4.78, 5) is 28.5. The zero-order chi connectivity index (χ0) is 20.8. The number of benzene rings is 2. The lowest BCUT2D eigenvalue weighted by Gasteiger charge is -2.26. The Kier molecular flexibility index (Phi) is 4.27. The minimum atomic E-state index is -0.572. The Hall–Kier alpha value is -3.68. The summed E-state index contributed by atoms with van der Waals surface area (Å²) >= 11 is 0. The Bertz CT molecular complexity index is 1170. The molecule has 0 atom stereocenters. The van der Waals surface area contributed by atoms with E-state index in [9.17, 15) is 14.0 Å². The first-order valence-electron chi connectivity index (χ1n) is 9.81. The van der Waals surface area contributed by atoms with Crippen molar-refractivity contribution >= 4 is 29.1 Å². The van der Waals surface area contributed by atoms with Crippen molar-refractivity contribution in [1.29, 1.82) is 0 Å². The summed E-state index contributed by atoms with van der Waals surface area (Å²) in [5.74, 6) is 0.161. The van der Waals surface area contributed by atoms with E-state index < -0.39 is 11.7 Å². The largest absolute Gasteiger partial charge is 0.341 e. The summed E-state index contributed by atoms with van der Waals surface area (Å²) in [5.41, 5.74) is 2.75. The second-order valence-electron chi connectivity index (χ2n) is 7.51. The van der Waals surface area contributed by atoms with Crippen LogP contribution in [0.5, 0.6) is 0 Å². The van der Waals surface area contributed by atoms with Gasteiger partial charge in [0.1, 0.15) is 11.6 Å². The van der Waals surface area contributed by atoms with Gasteiger partial charge in [-0.25, -0.2) is 9.07 Å². The molecule has 2 aliphatic rings. The predicted octanol–water partition coefficient (Wildman–Crippen LogP) is 3.05. The molecule has 30 heavy (non-hydrogen) atoms. The Morgan fingerprint density at radius 3 is 2.77 bits per heavy atom. The molecule has 152 valence electrons. The van der Waals surface area contributed by atoms with E-state index in [0.29, 0.717) is 18.9 Å². The van der Waals surface area contributed by atoms with E-state index in [0.717, 1.165) is 35.6 Å². The number of amides is 2. The van der Waals surface area contributed by atoms with Crippen molar-refractivity contribution in [2.24, 2.45) is 0 Å². The van der Waals surface area contributed by atoms with Crippen LogP contribution in [0.1, 0.15) is 26.3 Å². The zero-order valence-electron chi connectivity index (χ0n) is 16.4. The zero-order valence-corrected chi connectivity index (χ0v) is 16.4. The van der Waals surface area contributed by atoms with Gasteiger partial charge in [0, 0.05) is 37.5 Å². The highest BCUT2D eigenvalue weighted by atomic mass is 19.1. The second kappa shape index (κ2) is 6.98. The molecule has 0 unspecified atom stereocenters. The standard InChI is InChI=1S/C22H20FN5O2/c1-26-9-8-14-12-15(6-7-16(14)22(26)30)27-10-11-28-20(27)13-19(25-28)24-21(29)17-4-2-3-5-18(17)23/h2-7,12-13H,8-11H2,1H3,(H,24,25,29). The van der Waals surface area contributed by atoms with Crippen LogP contribution in [0.2, 0.25) is 0 Å². The van der Waals surface area contributed by atoms with Crippen LogP contribution in [0, 0.1) is 5.82 Å². The fourth-order valence-corrected chi connectivity index (χ4v) is 4.01. The second-order valence-corrected chi connectivity index (χ2v) is 7.51. The molecule has 1 aromatic heterocycles. The first kappa shape index (κ1) is 18.4. The summed E-state index contributed by atoms with van der Waals surface area (Å²) in [6.45, 7) is 2.12. The predicted molar refractivity (Wildman–Crippen MR) is 111 cm³/mol. The molecule has 1 N–H and O–H groups in total. The number of nitrogens with zero attached hydrogens (tertiary/aromatic N) is 4. The van der Waals surface area contributed by atoms with Crippen LogP contribution in [0.4, 0.5) is 21.7 Å². The first-order valence-corrected chi connectivity index (χ1v) is 9.81. The lowest BCUT2D eigenvalue weighted by Crippen LogP contribution is -2.34. The first-order chi connectivity index (χ1) is 14.5. The average Bonchev–Trinajstić information content (AvgIpc) is 3.31. The summed E-state index contributed by atoms with van der Waals surface area (Å²) in [5, 5.41) is 7.10. The molecule has 0 saturated heterocycles. The molecule has 2 aromatic carbocycles. The normalized spacial score (nSPS) is 15.2. The van der Waals surface area contributed by atoms with Crippen LogP contribution in [0.15, 0.2) is 48.5 Å². The number of hydrogen-bond acceptors (Lipinski definition) is 4.